The van der Waals surface area contributed by atoms with Gasteiger partial charge in [-0.15, -0.1) is 0 Å². The summed E-state index contributed by atoms with van der Waals surface area (Å²) in [6.07, 6.45) is -2.49. The van der Waals surface area contributed by atoms with Gasteiger partial charge in [-0.3, -0.25) is 14.4 Å². The Morgan fingerprint density at radius 2 is 1.86 bits per heavy atom. The Morgan fingerprint density at radius 1 is 1.11 bits per heavy atom. The van der Waals surface area contributed by atoms with Crippen molar-refractivity contribution in [2.45, 2.75) is 31.5 Å². The number of carbonyl (C=O) groups excluding carboxylic acids is 3. The number of amidine groups is 1. The van der Waals surface area contributed by atoms with Crippen LogP contribution in [0.15, 0.2) is 53.5 Å². The molecule has 3 heterocycles. The monoisotopic (exact) mass is 509 g/mol. The van der Waals surface area contributed by atoms with E-state index in [0.29, 0.717) is 28.3 Å². The molecule has 2 aromatic carbocycles. The number of benzene rings is 2. The van der Waals surface area contributed by atoms with Gasteiger partial charge < -0.3 is 30.1 Å². The van der Waals surface area contributed by atoms with Crippen molar-refractivity contribution < 1.29 is 34.2 Å². The van der Waals surface area contributed by atoms with E-state index in [0.717, 1.165) is 25.9 Å². The number of nitrogens with zero attached hydrogens (tertiary/aromatic N) is 3. The molecule has 0 saturated carbocycles. The summed E-state index contributed by atoms with van der Waals surface area (Å²) in [5.41, 5.74) is 4.46. The molecule has 12 nitrogen and oxygen atoms in total. The quantitative estimate of drug-likeness (QED) is 0.431. The highest BCUT2D eigenvalue weighted by atomic mass is 16.7. The molecule has 3 atom stereocenters. The third-order valence-corrected chi connectivity index (χ3v) is 6.40. The first-order chi connectivity index (χ1) is 17.9. The summed E-state index contributed by atoms with van der Waals surface area (Å²) >= 11 is 0. The Morgan fingerprint density at radius 3 is 2.57 bits per heavy atom. The molecule has 0 aliphatic carbocycles. The summed E-state index contributed by atoms with van der Waals surface area (Å²) in [5, 5.41) is 22.5. The topological polar surface area (TPSA) is 153 Å². The van der Waals surface area contributed by atoms with Crippen molar-refractivity contribution in [1.29, 1.82) is 0 Å². The van der Waals surface area contributed by atoms with E-state index in [4.69, 9.17) is 9.57 Å². The lowest BCUT2D eigenvalue weighted by Gasteiger charge is -2.34. The molecule has 0 bridgehead atoms. The molecule has 3 amide bonds. The van der Waals surface area contributed by atoms with Crippen LogP contribution in [0.25, 0.3) is 0 Å². The predicted molar refractivity (Wildman–Crippen MR) is 132 cm³/mol. The van der Waals surface area contributed by atoms with Crippen LogP contribution in [0, 0.1) is 0 Å². The minimum atomic E-state index is -1.76. The van der Waals surface area contributed by atoms with Crippen molar-refractivity contribution in [3.05, 3.63) is 59.7 Å². The molecule has 12 heteroatoms. The Balaban J connectivity index is 1.24. The maximum absolute atomic E-state index is 13.2. The van der Waals surface area contributed by atoms with E-state index in [1.54, 1.807) is 53.4 Å². The fourth-order valence-corrected chi connectivity index (χ4v) is 4.47. The van der Waals surface area contributed by atoms with Gasteiger partial charge in [0.25, 0.3) is 24.1 Å². The molecule has 2 fully saturated rings. The number of rotatable bonds is 6. The number of anilines is 2. The number of ether oxygens (including phenoxy) is 1. The Kier molecular flexibility index (Phi) is 7.15. The Hall–Kier alpha value is -3.84. The number of nitrogens with one attached hydrogen (secondary N) is 2. The number of amides is 3. The maximum atomic E-state index is 13.2. The number of aliphatic hydroxyl groups is 2. The summed E-state index contributed by atoms with van der Waals surface area (Å²) in [5.74, 6) is -1.13. The number of carbonyl (C=O) groups is 3. The zero-order valence-electron chi connectivity index (χ0n) is 19.9. The van der Waals surface area contributed by atoms with Gasteiger partial charge in [0.1, 0.15) is 0 Å². The molecule has 3 aliphatic rings. The van der Waals surface area contributed by atoms with Crippen LogP contribution in [0.4, 0.5) is 11.4 Å². The predicted octanol–water partition coefficient (Wildman–Crippen LogP) is 0.211. The van der Waals surface area contributed by atoms with Gasteiger partial charge in [0, 0.05) is 42.1 Å². The molecule has 3 unspecified atom stereocenters. The number of hydrogen-bond acceptors (Lipinski definition) is 9. The highest BCUT2D eigenvalue weighted by Crippen LogP contribution is 2.24. The average molecular weight is 510 g/mol. The average Bonchev–Trinajstić information content (AvgIpc) is 3.61. The number of hydrogen-bond donors (Lipinski definition) is 4. The van der Waals surface area contributed by atoms with E-state index in [2.05, 4.69) is 15.8 Å². The first-order valence-electron chi connectivity index (χ1n) is 12.0. The number of hydroxylamine groups is 1. The zero-order valence-corrected chi connectivity index (χ0v) is 19.9. The van der Waals surface area contributed by atoms with Crippen LogP contribution in [0.1, 0.15) is 28.8 Å². The van der Waals surface area contributed by atoms with Crippen LogP contribution in [0.2, 0.25) is 0 Å². The second-order valence-corrected chi connectivity index (χ2v) is 8.87. The van der Waals surface area contributed by atoms with Crippen LogP contribution in [0.3, 0.4) is 0 Å². The normalized spacial score (nSPS) is 22.4. The van der Waals surface area contributed by atoms with Gasteiger partial charge in [-0.25, -0.2) is 15.3 Å². The summed E-state index contributed by atoms with van der Waals surface area (Å²) in [4.78, 5) is 50.5. The molecular weight excluding hydrogens is 482 g/mol. The molecule has 0 spiro atoms. The van der Waals surface area contributed by atoms with E-state index >= 15 is 0 Å². The highest BCUT2D eigenvalue weighted by Gasteiger charge is 2.39. The fourth-order valence-electron chi connectivity index (χ4n) is 4.47. The van der Waals surface area contributed by atoms with Crippen molar-refractivity contribution in [3.63, 3.8) is 0 Å². The minimum absolute atomic E-state index is 0.0819. The standard InChI is InChI=1S/C25H27N5O7/c31-19(22(32)26-17-8-6-15(7-9-17)21-27-25(35)37-28-21)20-24(34)30(12-13-36-20)18-5-3-4-16(14-18)23(33)29-10-1-2-11-29/h3-9,14,19-20,25,31,35H,1-2,10-13H2,(H,26,32)(H,27,28). The third-order valence-electron chi connectivity index (χ3n) is 6.40. The second-order valence-electron chi connectivity index (χ2n) is 8.87. The molecule has 37 heavy (non-hydrogen) atoms. The lowest BCUT2D eigenvalue weighted by atomic mass is 10.1. The van der Waals surface area contributed by atoms with Gasteiger partial charge >= 0.3 is 0 Å². The van der Waals surface area contributed by atoms with Crippen LogP contribution < -0.4 is 15.7 Å². The van der Waals surface area contributed by atoms with E-state index in [1.807, 2.05) is 0 Å². The van der Waals surface area contributed by atoms with Gasteiger partial charge in [0.15, 0.2) is 18.0 Å². The first-order valence-corrected chi connectivity index (χ1v) is 12.0. The van der Waals surface area contributed by atoms with E-state index in [-0.39, 0.29) is 19.1 Å². The molecule has 5 rings (SSSR count). The van der Waals surface area contributed by atoms with Gasteiger partial charge in [-0.05, 0) is 55.3 Å². The summed E-state index contributed by atoms with van der Waals surface area (Å²) in [7, 11) is 0. The minimum Gasteiger partial charge on any atom is -0.380 e. The van der Waals surface area contributed by atoms with E-state index < -0.39 is 30.4 Å². The molecule has 194 valence electrons. The van der Waals surface area contributed by atoms with Crippen molar-refractivity contribution in [2.24, 2.45) is 4.99 Å². The van der Waals surface area contributed by atoms with Crippen LogP contribution in [0.5, 0.6) is 0 Å². The number of morpholine rings is 1. The summed E-state index contributed by atoms with van der Waals surface area (Å²) in [6.45, 7) is 1.77. The summed E-state index contributed by atoms with van der Waals surface area (Å²) < 4.78 is 5.48. The molecular formula is C25H27N5O7. The lowest BCUT2D eigenvalue weighted by Crippen LogP contribution is -2.55. The summed E-state index contributed by atoms with van der Waals surface area (Å²) in [6, 6.07) is 13.2. The van der Waals surface area contributed by atoms with Crippen LogP contribution >= 0.6 is 0 Å². The maximum Gasteiger partial charge on any atom is 0.280 e. The lowest BCUT2D eigenvalue weighted by molar-refractivity contribution is -0.150. The van der Waals surface area contributed by atoms with Gasteiger partial charge in [-0.2, -0.15) is 0 Å². The first kappa shape index (κ1) is 24.8. The second kappa shape index (κ2) is 10.6. The molecule has 0 radical (unpaired) electrons. The van der Waals surface area contributed by atoms with Crippen LogP contribution in [-0.4, -0.2) is 83.5 Å². The van der Waals surface area contributed by atoms with Crippen molar-refractivity contribution in [1.82, 2.24) is 10.4 Å². The number of aliphatic hydroxyl groups excluding tert-OH is 2. The smallest absolute Gasteiger partial charge is 0.280 e. The zero-order chi connectivity index (χ0) is 25.9. The Labute approximate surface area is 212 Å². The van der Waals surface area contributed by atoms with Crippen molar-refractivity contribution in [2.75, 3.05) is 36.5 Å². The molecule has 2 aromatic rings. The fraction of sp³-hybridized carbons (Fsp3) is 0.360. The number of aliphatic imine (C=N–C) groups is 1. The van der Waals surface area contributed by atoms with Gasteiger partial charge in [0.05, 0.1) is 6.61 Å². The van der Waals surface area contributed by atoms with Gasteiger partial charge in [0.2, 0.25) is 0 Å². The SMILES string of the molecule is O=C(Nc1ccc(C2=NC(O)ON2)cc1)C(O)C1OCCN(c2cccc(C(=O)N3CCCC3)c2)C1=O. The third kappa shape index (κ3) is 5.32. The Bertz CT molecular complexity index is 1210. The molecule has 4 N–H and O–H groups in total. The van der Waals surface area contributed by atoms with Crippen molar-refractivity contribution >= 4 is 34.9 Å². The highest BCUT2D eigenvalue weighted by molar-refractivity contribution is 6.05. The van der Waals surface area contributed by atoms with Gasteiger partial charge in [-0.1, -0.05) is 6.07 Å². The van der Waals surface area contributed by atoms with E-state index in [9.17, 15) is 24.6 Å². The largest absolute Gasteiger partial charge is 0.380 e. The molecule has 3 aliphatic heterocycles. The van der Waals surface area contributed by atoms with Crippen LogP contribution in [-0.2, 0) is 19.2 Å². The molecule has 0 aromatic heterocycles. The van der Waals surface area contributed by atoms with Crippen molar-refractivity contribution in [3.8, 4) is 0 Å². The number of likely N-dealkylation sites (tertiary alicyclic amines) is 1. The van der Waals surface area contributed by atoms with E-state index in [1.165, 1.54) is 4.90 Å². The molecule has 2 saturated heterocycles.